The van der Waals surface area contributed by atoms with Crippen molar-refractivity contribution in [3.8, 4) is 0 Å². The third-order valence-electron chi connectivity index (χ3n) is 3.04. The van der Waals surface area contributed by atoms with Gasteiger partial charge >= 0.3 is 0 Å². The van der Waals surface area contributed by atoms with Crippen molar-refractivity contribution in [2.24, 2.45) is 22.7 Å². The van der Waals surface area contributed by atoms with Crippen molar-refractivity contribution in [3.05, 3.63) is 0 Å². The summed E-state index contributed by atoms with van der Waals surface area (Å²) < 4.78 is 0. The molecule has 0 aromatic carbocycles. The van der Waals surface area contributed by atoms with Crippen LogP contribution in [-0.2, 0) is 4.79 Å². The number of nitrogens with zero attached hydrogens (tertiary/aromatic N) is 1. The lowest BCUT2D eigenvalue weighted by molar-refractivity contribution is -0.126. The van der Waals surface area contributed by atoms with Gasteiger partial charge in [-0.1, -0.05) is 45.7 Å². The molecule has 0 aliphatic rings. The quantitative estimate of drug-likeness (QED) is 0.269. The molecule has 0 saturated heterocycles. The minimum atomic E-state index is -0.404. The Bertz CT molecular complexity index is 271. The van der Waals surface area contributed by atoms with Gasteiger partial charge in [0.25, 0.3) is 0 Å². The molecule has 4 N–H and O–H groups in total. The van der Waals surface area contributed by atoms with E-state index in [1.54, 1.807) is 0 Å². The Labute approximate surface area is 110 Å². The first-order chi connectivity index (χ1) is 8.47. The number of amidine groups is 1. The van der Waals surface area contributed by atoms with Gasteiger partial charge in [-0.05, 0) is 18.8 Å². The first-order valence-electron chi connectivity index (χ1n) is 6.75. The third-order valence-corrected chi connectivity index (χ3v) is 3.04. The van der Waals surface area contributed by atoms with Crippen LogP contribution < -0.4 is 11.1 Å². The molecule has 18 heavy (non-hydrogen) atoms. The summed E-state index contributed by atoms with van der Waals surface area (Å²) in [6, 6.07) is -0.404. The highest BCUT2D eigenvalue weighted by atomic mass is 16.4. The molecule has 0 aliphatic carbocycles. The van der Waals surface area contributed by atoms with Crippen LogP contribution in [0, 0.1) is 11.8 Å². The van der Waals surface area contributed by atoms with E-state index in [1.807, 2.05) is 13.8 Å². The van der Waals surface area contributed by atoms with Crippen LogP contribution in [-0.4, -0.2) is 23.0 Å². The van der Waals surface area contributed by atoms with E-state index in [0.29, 0.717) is 0 Å². The normalized spacial score (nSPS) is 14.0. The van der Waals surface area contributed by atoms with Crippen molar-refractivity contribution in [2.75, 3.05) is 0 Å². The fourth-order valence-electron chi connectivity index (χ4n) is 2.02. The minimum Gasteiger partial charge on any atom is -0.409 e. The van der Waals surface area contributed by atoms with Crippen LogP contribution in [0.5, 0.6) is 0 Å². The van der Waals surface area contributed by atoms with E-state index >= 15 is 0 Å². The summed E-state index contributed by atoms with van der Waals surface area (Å²) in [7, 11) is 0. The molecule has 0 heterocycles. The number of oxime groups is 1. The van der Waals surface area contributed by atoms with E-state index in [-0.39, 0.29) is 23.6 Å². The molecule has 5 nitrogen and oxygen atoms in total. The maximum Gasteiger partial charge on any atom is 0.223 e. The average molecular weight is 257 g/mol. The van der Waals surface area contributed by atoms with Crippen molar-refractivity contribution < 1.29 is 10.0 Å². The average Bonchev–Trinajstić information content (AvgIpc) is 2.34. The molecule has 1 amide bonds. The van der Waals surface area contributed by atoms with Gasteiger partial charge in [0.1, 0.15) is 0 Å². The van der Waals surface area contributed by atoms with Gasteiger partial charge in [-0.15, -0.1) is 0 Å². The van der Waals surface area contributed by atoms with Gasteiger partial charge < -0.3 is 16.3 Å². The molecule has 0 rings (SSSR count). The van der Waals surface area contributed by atoms with Crippen molar-refractivity contribution in [1.29, 1.82) is 0 Å². The molecule has 0 spiro atoms. The van der Waals surface area contributed by atoms with E-state index in [0.717, 1.165) is 25.7 Å². The molecule has 0 aliphatic heterocycles. The largest absolute Gasteiger partial charge is 0.409 e. The Morgan fingerprint density at radius 2 is 1.78 bits per heavy atom. The van der Waals surface area contributed by atoms with Crippen molar-refractivity contribution in [2.45, 2.75) is 59.4 Å². The maximum absolute atomic E-state index is 12.2. The lowest BCUT2D eigenvalue weighted by atomic mass is 9.95. The first-order valence-corrected chi connectivity index (χ1v) is 6.75. The molecule has 0 bridgehead atoms. The molecule has 5 heteroatoms. The first kappa shape index (κ1) is 16.7. The Kier molecular flexibility index (Phi) is 8.16. The fourth-order valence-corrected chi connectivity index (χ4v) is 2.02. The highest BCUT2D eigenvalue weighted by molar-refractivity contribution is 5.90. The summed E-state index contributed by atoms with van der Waals surface area (Å²) in [5, 5.41) is 14.6. The zero-order valence-corrected chi connectivity index (χ0v) is 11.9. The van der Waals surface area contributed by atoms with Crippen molar-refractivity contribution in [1.82, 2.24) is 5.32 Å². The monoisotopic (exact) mass is 257 g/mol. The van der Waals surface area contributed by atoms with Gasteiger partial charge in [0, 0.05) is 5.92 Å². The maximum atomic E-state index is 12.2. The van der Waals surface area contributed by atoms with Crippen LogP contribution in [0.3, 0.4) is 0 Å². The van der Waals surface area contributed by atoms with Crippen molar-refractivity contribution in [3.63, 3.8) is 0 Å². The zero-order valence-electron chi connectivity index (χ0n) is 11.9. The number of nitrogens with one attached hydrogen (secondary N) is 1. The van der Waals surface area contributed by atoms with E-state index in [4.69, 9.17) is 10.9 Å². The Morgan fingerprint density at radius 1 is 1.28 bits per heavy atom. The summed E-state index contributed by atoms with van der Waals surface area (Å²) in [6.07, 6.45) is 3.71. The lowest BCUT2D eigenvalue weighted by Gasteiger charge is -2.24. The molecule has 1 unspecified atom stereocenters. The van der Waals surface area contributed by atoms with Crippen LogP contribution in [0.2, 0.25) is 0 Å². The molecule has 1 atom stereocenters. The SMILES string of the molecule is CCCC(CCC)C(=O)NC(C(N)=NO)C(C)C. The summed E-state index contributed by atoms with van der Waals surface area (Å²) in [5.74, 6) is 0.176. The van der Waals surface area contributed by atoms with E-state index in [9.17, 15) is 4.79 Å². The third kappa shape index (κ3) is 5.38. The van der Waals surface area contributed by atoms with Gasteiger partial charge in [-0.2, -0.15) is 0 Å². The van der Waals surface area contributed by atoms with E-state index < -0.39 is 6.04 Å². The molecular formula is C13H27N3O2. The lowest BCUT2D eigenvalue weighted by Crippen LogP contribution is -2.49. The van der Waals surface area contributed by atoms with Gasteiger partial charge in [0.2, 0.25) is 5.91 Å². The van der Waals surface area contributed by atoms with Gasteiger partial charge in [-0.25, -0.2) is 0 Å². The van der Waals surface area contributed by atoms with E-state index in [2.05, 4.69) is 24.3 Å². The van der Waals surface area contributed by atoms with Crippen LogP contribution >= 0.6 is 0 Å². The van der Waals surface area contributed by atoms with Crippen LogP contribution in [0.4, 0.5) is 0 Å². The number of hydrogen-bond donors (Lipinski definition) is 3. The molecule has 106 valence electrons. The number of carbonyl (C=O) groups excluding carboxylic acids is 1. The standard InChI is InChI=1S/C13H27N3O2/c1-5-7-10(8-6-2)13(17)15-11(9(3)4)12(14)16-18/h9-11,18H,5-8H2,1-4H3,(H2,14,16)(H,15,17). The van der Waals surface area contributed by atoms with E-state index in [1.165, 1.54) is 0 Å². The van der Waals surface area contributed by atoms with Crippen LogP contribution in [0.1, 0.15) is 53.4 Å². The summed E-state index contributed by atoms with van der Waals surface area (Å²) in [4.78, 5) is 12.2. The number of amides is 1. The molecule has 0 radical (unpaired) electrons. The minimum absolute atomic E-state index is 0.00370. The predicted octanol–water partition coefficient (Wildman–Crippen LogP) is 2.09. The molecule has 0 saturated carbocycles. The Balaban J connectivity index is 4.65. The van der Waals surface area contributed by atoms with Crippen LogP contribution in [0.25, 0.3) is 0 Å². The molecule has 0 fully saturated rings. The van der Waals surface area contributed by atoms with Crippen molar-refractivity contribution >= 4 is 11.7 Å². The molecule has 0 aromatic heterocycles. The number of nitrogens with two attached hydrogens (primary N) is 1. The second kappa shape index (κ2) is 8.78. The number of carbonyl (C=O) groups is 1. The fraction of sp³-hybridized carbons (Fsp3) is 0.846. The summed E-state index contributed by atoms with van der Waals surface area (Å²) in [6.45, 7) is 7.99. The van der Waals surface area contributed by atoms with Gasteiger partial charge in [0.15, 0.2) is 5.84 Å². The smallest absolute Gasteiger partial charge is 0.223 e. The zero-order chi connectivity index (χ0) is 14.1. The second-order valence-corrected chi connectivity index (χ2v) is 5.03. The molecular weight excluding hydrogens is 230 g/mol. The van der Waals surface area contributed by atoms with Crippen LogP contribution in [0.15, 0.2) is 5.16 Å². The number of rotatable bonds is 8. The second-order valence-electron chi connectivity index (χ2n) is 5.03. The highest BCUT2D eigenvalue weighted by Gasteiger charge is 2.24. The van der Waals surface area contributed by atoms with Gasteiger partial charge in [0.05, 0.1) is 6.04 Å². The summed E-state index contributed by atoms with van der Waals surface area (Å²) in [5.41, 5.74) is 5.60. The molecule has 0 aromatic rings. The predicted molar refractivity (Wildman–Crippen MR) is 73.5 cm³/mol. The number of hydrogen-bond acceptors (Lipinski definition) is 3. The Morgan fingerprint density at radius 3 is 2.11 bits per heavy atom. The Hall–Kier alpha value is -1.26. The van der Waals surface area contributed by atoms with Gasteiger partial charge in [-0.3, -0.25) is 4.79 Å². The highest BCUT2D eigenvalue weighted by Crippen LogP contribution is 2.14. The topological polar surface area (TPSA) is 87.7 Å². The summed E-state index contributed by atoms with van der Waals surface area (Å²) >= 11 is 0.